The third-order valence-corrected chi connectivity index (χ3v) is 3.48. The van der Waals surface area contributed by atoms with Crippen LogP contribution in [0, 0.1) is 0 Å². The quantitative estimate of drug-likeness (QED) is 0.732. The predicted octanol–water partition coefficient (Wildman–Crippen LogP) is 0.915. The molecule has 1 aromatic rings. The normalized spacial score (nSPS) is 21.1. The van der Waals surface area contributed by atoms with Gasteiger partial charge in [0.1, 0.15) is 0 Å². The molecule has 0 amide bonds. The van der Waals surface area contributed by atoms with Gasteiger partial charge in [-0.05, 0) is 12.1 Å². The highest BCUT2D eigenvalue weighted by Crippen LogP contribution is 2.33. The maximum absolute atomic E-state index is 3.35. The fourth-order valence-corrected chi connectivity index (χ4v) is 2.40. The van der Waals surface area contributed by atoms with Gasteiger partial charge in [0.15, 0.2) is 0 Å². The Kier molecular flexibility index (Phi) is 2.06. The summed E-state index contributed by atoms with van der Waals surface area (Å²) in [7, 11) is 2.18. The van der Waals surface area contributed by atoms with E-state index in [1.165, 1.54) is 11.4 Å². The second-order valence-electron chi connectivity index (χ2n) is 4.42. The minimum absolute atomic E-state index is 0.708. The molecule has 2 heterocycles. The topological polar surface area (TPSA) is 18.5 Å². The van der Waals surface area contributed by atoms with E-state index in [1.807, 2.05) is 0 Å². The molecule has 3 rings (SSSR count). The summed E-state index contributed by atoms with van der Waals surface area (Å²) in [6.07, 6.45) is 0. The lowest BCUT2D eigenvalue weighted by Gasteiger charge is -2.45. The van der Waals surface area contributed by atoms with Gasteiger partial charge < -0.3 is 15.1 Å². The number of para-hydroxylation sites is 2. The van der Waals surface area contributed by atoms with Crippen LogP contribution in [0.15, 0.2) is 24.3 Å². The monoisotopic (exact) mass is 203 g/mol. The third-order valence-electron chi connectivity index (χ3n) is 3.48. The van der Waals surface area contributed by atoms with Gasteiger partial charge in [0, 0.05) is 33.2 Å². The Morgan fingerprint density at radius 2 is 1.87 bits per heavy atom. The largest absolute Gasteiger partial charge is 0.371 e. The average molecular weight is 203 g/mol. The summed E-state index contributed by atoms with van der Waals surface area (Å²) in [4.78, 5) is 4.89. The summed E-state index contributed by atoms with van der Waals surface area (Å²) in [6, 6.07) is 9.42. The molecule has 1 saturated heterocycles. The van der Waals surface area contributed by atoms with Crippen LogP contribution in [0.5, 0.6) is 0 Å². The number of likely N-dealkylation sites (N-methyl/N-ethyl adjacent to an activating group) is 1. The summed E-state index contributed by atoms with van der Waals surface area (Å²) in [5, 5.41) is 3.35. The molecule has 0 radical (unpaired) electrons. The predicted molar refractivity (Wildman–Crippen MR) is 63.7 cm³/mol. The Bertz CT molecular complexity index is 360. The summed E-state index contributed by atoms with van der Waals surface area (Å²) in [5.74, 6) is 0. The number of anilines is 2. The fourth-order valence-electron chi connectivity index (χ4n) is 2.40. The molecule has 0 bridgehead atoms. The molecule has 3 nitrogen and oxygen atoms in total. The number of hydrogen-bond acceptors (Lipinski definition) is 3. The van der Waals surface area contributed by atoms with Crippen molar-refractivity contribution in [1.29, 1.82) is 0 Å². The highest BCUT2D eigenvalue weighted by molar-refractivity contribution is 5.73. The van der Waals surface area contributed by atoms with Crippen molar-refractivity contribution >= 4 is 11.4 Å². The van der Waals surface area contributed by atoms with Crippen LogP contribution in [0.3, 0.4) is 0 Å². The lowest BCUT2D eigenvalue weighted by Crippen LogP contribution is -2.60. The standard InChI is InChI=1S/C12H17N3/c1-14-6-7-15(10-8-13-9-10)12-5-3-2-4-11(12)14/h2-5,10,13H,6-9H2,1H3. The number of nitrogens with one attached hydrogen (secondary N) is 1. The summed E-state index contributed by atoms with van der Waals surface area (Å²) in [5.41, 5.74) is 2.77. The third kappa shape index (κ3) is 1.38. The van der Waals surface area contributed by atoms with Crippen molar-refractivity contribution in [3.05, 3.63) is 24.3 Å². The molecule has 1 N–H and O–H groups in total. The fraction of sp³-hybridized carbons (Fsp3) is 0.500. The van der Waals surface area contributed by atoms with E-state index in [0.29, 0.717) is 6.04 Å². The van der Waals surface area contributed by atoms with Gasteiger partial charge in [0.25, 0.3) is 0 Å². The van der Waals surface area contributed by atoms with Gasteiger partial charge in [0.05, 0.1) is 17.4 Å². The van der Waals surface area contributed by atoms with Crippen LogP contribution in [-0.2, 0) is 0 Å². The summed E-state index contributed by atoms with van der Waals surface area (Å²) in [6.45, 7) is 4.56. The second kappa shape index (κ2) is 3.42. The first kappa shape index (κ1) is 9.04. The molecule has 2 aliphatic rings. The van der Waals surface area contributed by atoms with Crippen LogP contribution in [0.1, 0.15) is 0 Å². The van der Waals surface area contributed by atoms with Crippen molar-refractivity contribution in [2.45, 2.75) is 6.04 Å². The second-order valence-corrected chi connectivity index (χ2v) is 4.42. The van der Waals surface area contributed by atoms with Crippen molar-refractivity contribution in [1.82, 2.24) is 5.32 Å². The van der Waals surface area contributed by atoms with E-state index in [1.54, 1.807) is 0 Å². The van der Waals surface area contributed by atoms with Crippen LogP contribution in [0.4, 0.5) is 11.4 Å². The van der Waals surface area contributed by atoms with Crippen LogP contribution in [0.25, 0.3) is 0 Å². The highest BCUT2D eigenvalue weighted by Gasteiger charge is 2.29. The van der Waals surface area contributed by atoms with E-state index in [4.69, 9.17) is 0 Å². The van der Waals surface area contributed by atoms with Crippen LogP contribution in [-0.4, -0.2) is 39.3 Å². The molecule has 3 heteroatoms. The van der Waals surface area contributed by atoms with Crippen molar-refractivity contribution in [2.24, 2.45) is 0 Å². The van der Waals surface area contributed by atoms with Gasteiger partial charge in [-0.1, -0.05) is 12.1 Å². The lowest BCUT2D eigenvalue weighted by atomic mass is 10.1. The molecule has 80 valence electrons. The minimum atomic E-state index is 0.708. The minimum Gasteiger partial charge on any atom is -0.371 e. The Balaban J connectivity index is 1.96. The molecule has 2 aliphatic heterocycles. The van der Waals surface area contributed by atoms with Gasteiger partial charge in [0.2, 0.25) is 0 Å². The zero-order chi connectivity index (χ0) is 10.3. The number of benzene rings is 1. The van der Waals surface area contributed by atoms with E-state index in [9.17, 15) is 0 Å². The molecule has 1 aromatic carbocycles. The van der Waals surface area contributed by atoms with Crippen LogP contribution >= 0.6 is 0 Å². The SMILES string of the molecule is CN1CCN(C2CNC2)c2ccccc21. The molecule has 0 aromatic heterocycles. The molecule has 1 fully saturated rings. The van der Waals surface area contributed by atoms with Gasteiger partial charge in [-0.25, -0.2) is 0 Å². The molecular formula is C12H17N3. The first-order valence-electron chi connectivity index (χ1n) is 5.64. The highest BCUT2D eigenvalue weighted by atomic mass is 15.3. The van der Waals surface area contributed by atoms with Crippen molar-refractivity contribution < 1.29 is 0 Å². The number of hydrogen-bond donors (Lipinski definition) is 1. The maximum Gasteiger partial charge on any atom is 0.0608 e. The first-order valence-corrected chi connectivity index (χ1v) is 5.64. The van der Waals surface area contributed by atoms with Crippen molar-refractivity contribution in [3.8, 4) is 0 Å². The number of fused-ring (bicyclic) bond motifs is 1. The zero-order valence-electron chi connectivity index (χ0n) is 9.11. The number of rotatable bonds is 1. The molecule has 0 atom stereocenters. The Morgan fingerprint density at radius 1 is 1.13 bits per heavy atom. The van der Waals surface area contributed by atoms with Crippen molar-refractivity contribution in [2.75, 3.05) is 43.0 Å². The van der Waals surface area contributed by atoms with E-state index >= 15 is 0 Å². The number of nitrogens with zero attached hydrogens (tertiary/aromatic N) is 2. The summed E-state index contributed by atoms with van der Waals surface area (Å²) >= 11 is 0. The van der Waals surface area contributed by atoms with E-state index < -0.39 is 0 Å². The molecular weight excluding hydrogens is 186 g/mol. The zero-order valence-corrected chi connectivity index (χ0v) is 9.11. The first-order chi connectivity index (χ1) is 7.36. The van der Waals surface area contributed by atoms with Crippen LogP contribution < -0.4 is 15.1 Å². The Hall–Kier alpha value is -1.22. The average Bonchev–Trinajstić information content (AvgIpc) is 2.20. The maximum atomic E-state index is 3.35. The molecule has 15 heavy (non-hydrogen) atoms. The molecule has 0 spiro atoms. The van der Waals surface area contributed by atoms with Gasteiger partial charge in [-0.2, -0.15) is 0 Å². The van der Waals surface area contributed by atoms with E-state index in [-0.39, 0.29) is 0 Å². The summed E-state index contributed by atoms with van der Waals surface area (Å²) < 4.78 is 0. The Labute approximate surface area is 90.7 Å². The van der Waals surface area contributed by atoms with Gasteiger partial charge in [-0.3, -0.25) is 0 Å². The van der Waals surface area contributed by atoms with Gasteiger partial charge >= 0.3 is 0 Å². The molecule has 0 saturated carbocycles. The molecule has 0 aliphatic carbocycles. The van der Waals surface area contributed by atoms with Gasteiger partial charge in [-0.15, -0.1) is 0 Å². The van der Waals surface area contributed by atoms with E-state index in [0.717, 1.165) is 26.2 Å². The van der Waals surface area contributed by atoms with Crippen molar-refractivity contribution in [3.63, 3.8) is 0 Å². The van der Waals surface area contributed by atoms with Crippen LogP contribution in [0.2, 0.25) is 0 Å². The Morgan fingerprint density at radius 3 is 2.53 bits per heavy atom. The lowest BCUT2D eigenvalue weighted by molar-refractivity contribution is 0.411. The van der Waals surface area contributed by atoms with E-state index in [2.05, 4.69) is 46.4 Å². The molecule has 0 unspecified atom stereocenters. The smallest absolute Gasteiger partial charge is 0.0608 e.